The van der Waals surface area contributed by atoms with Gasteiger partial charge in [0.05, 0.1) is 24.3 Å². The molecule has 0 aromatic heterocycles. The van der Waals surface area contributed by atoms with Gasteiger partial charge in [0.15, 0.2) is 0 Å². The van der Waals surface area contributed by atoms with E-state index in [4.69, 9.17) is 25.8 Å². The first-order valence-corrected chi connectivity index (χ1v) is 11.9. The molecule has 0 spiro atoms. The monoisotopic (exact) mass is 571 g/mol. The minimum absolute atomic E-state index is 0. The third-order valence-electron chi connectivity index (χ3n) is 6.03. The Morgan fingerprint density at radius 1 is 1.10 bits per heavy atom. The van der Waals surface area contributed by atoms with Crippen molar-refractivity contribution in [3.63, 3.8) is 0 Å². The smallest absolute Gasteiger partial charge is 0.549 e. The fraction of sp³-hybridized carbons (Fsp3) is 0.259. The molecule has 3 aromatic rings. The molecule has 1 N–H and O–H groups in total. The molecule has 1 unspecified atom stereocenters. The van der Waals surface area contributed by atoms with Crippen molar-refractivity contribution in [1.82, 2.24) is 5.32 Å². The van der Waals surface area contributed by atoms with Crippen molar-refractivity contribution in [2.24, 2.45) is 0 Å². The molecule has 12 heteroatoms. The Labute approximate surface area is 249 Å². The summed E-state index contributed by atoms with van der Waals surface area (Å²) in [6.45, 7) is 0.401. The Morgan fingerprint density at radius 2 is 1.82 bits per heavy atom. The number of alkyl halides is 3. The summed E-state index contributed by atoms with van der Waals surface area (Å²) in [7, 11) is 1.29. The van der Waals surface area contributed by atoms with E-state index in [-0.39, 0.29) is 78.0 Å². The topological polar surface area (TPSA) is 96.9 Å². The van der Waals surface area contributed by atoms with Crippen molar-refractivity contribution in [3.8, 4) is 23.0 Å². The quantitative estimate of drug-likeness (QED) is 0.414. The number of amides is 1. The number of carboxylic acids is 1. The first kappa shape index (κ1) is 30.6. The third-order valence-corrected chi connectivity index (χ3v) is 6.32. The number of carboxylic acid groups (broad SMARTS) is 1. The van der Waals surface area contributed by atoms with Crippen LogP contribution in [0.25, 0.3) is 0 Å². The van der Waals surface area contributed by atoms with Crippen LogP contribution in [0.1, 0.15) is 39.4 Å². The summed E-state index contributed by atoms with van der Waals surface area (Å²) in [5.74, 6) is -1.31. The van der Waals surface area contributed by atoms with Crippen LogP contribution in [0.4, 0.5) is 13.2 Å². The summed E-state index contributed by atoms with van der Waals surface area (Å²) < 4.78 is 55.1. The normalized spacial score (nSPS) is 14.3. The zero-order chi connectivity index (χ0) is 27.4. The molecule has 0 saturated carbocycles. The minimum Gasteiger partial charge on any atom is -0.549 e. The molecule has 1 aliphatic heterocycles. The van der Waals surface area contributed by atoms with Crippen LogP contribution in [0, 0.1) is 0 Å². The van der Waals surface area contributed by atoms with E-state index < -0.39 is 23.6 Å². The zero-order valence-electron chi connectivity index (χ0n) is 21.1. The second-order valence-corrected chi connectivity index (χ2v) is 8.89. The fourth-order valence-corrected chi connectivity index (χ4v) is 4.26. The molecule has 1 aliphatic rings. The van der Waals surface area contributed by atoms with Crippen LogP contribution in [-0.4, -0.2) is 32.1 Å². The maximum absolute atomic E-state index is 12.9. The molecule has 3 aromatic carbocycles. The summed E-state index contributed by atoms with van der Waals surface area (Å²) in [5.41, 5.74) is 0.486. The molecule has 4 rings (SSSR count). The summed E-state index contributed by atoms with van der Waals surface area (Å²) in [4.78, 5) is 23.9. The number of rotatable bonds is 8. The summed E-state index contributed by atoms with van der Waals surface area (Å²) in [6, 6.07) is 12.4. The van der Waals surface area contributed by atoms with Crippen LogP contribution in [0.2, 0.25) is 5.02 Å². The van der Waals surface area contributed by atoms with E-state index in [0.29, 0.717) is 28.2 Å². The van der Waals surface area contributed by atoms with E-state index in [1.54, 1.807) is 12.1 Å². The first-order valence-electron chi connectivity index (χ1n) is 11.5. The van der Waals surface area contributed by atoms with E-state index in [2.05, 4.69) is 5.32 Å². The molecule has 0 fully saturated rings. The van der Waals surface area contributed by atoms with E-state index in [9.17, 15) is 27.9 Å². The van der Waals surface area contributed by atoms with E-state index in [1.807, 2.05) is 0 Å². The number of aliphatic carboxylic acids is 1. The number of benzene rings is 3. The molecule has 39 heavy (non-hydrogen) atoms. The number of nitrogens with one attached hydrogen (secondary N) is 1. The largest absolute Gasteiger partial charge is 1.00 e. The van der Waals surface area contributed by atoms with E-state index >= 15 is 0 Å². The average molecular weight is 572 g/mol. The fourth-order valence-electron chi connectivity index (χ4n) is 4.05. The molecule has 0 radical (unpaired) electrons. The average Bonchev–Trinajstić information content (AvgIpc) is 2.88. The van der Waals surface area contributed by atoms with Gasteiger partial charge in [0.25, 0.3) is 5.91 Å². The number of hydrogen-bond donors (Lipinski definition) is 1. The third kappa shape index (κ3) is 7.39. The van der Waals surface area contributed by atoms with Crippen molar-refractivity contribution in [3.05, 3.63) is 81.9 Å². The summed E-state index contributed by atoms with van der Waals surface area (Å²) >= 11 is 6.30. The molecule has 1 heterocycles. The SMILES string of the molecule is COc1cc(C(F)(F)F)ccc1CCNC(=O)c1ccc(Oc2cc3c(cc2Cl)C(C(=O)[O-])CCO3)cc1.[Na+]. The second-order valence-electron chi connectivity index (χ2n) is 8.49. The molecule has 1 atom stereocenters. The van der Waals surface area contributed by atoms with Crippen LogP contribution in [0.15, 0.2) is 54.6 Å². The summed E-state index contributed by atoms with van der Waals surface area (Å²) in [5, 5.41) is 14.3. The van der Waals surface area contributed by atoms with Gasteiger partial charge in [-0.05, 0) is 60.9 Å². The number of hydrogen-bond acceptors (Lipinski definition) is 6. The predicted octanol–water partition coefficient (Wildman–Crippen LogP) is 1.75. The van der Waals surface area contributed by atoms with Crippen LogP contribution in [0.5, 0.6) is 23.0 Å². The number of carbonyl (C=O) groups is 2. The van der Waals surface area contributed by atoms with Crippen molar-refractivity contribution in [1.29, 1.82) is 0 Å². The molecular weight excluding hydrogens is 550 g/mol. The van der Waals surface area contributed by atoms with Crippen LogP contribution < -0.4 is 54.2 Å². The Hall–Kier alpha value is -2.92. The minimum atomic E-state index is -4.48. The molecular formula is C27H22ClF3NNaO6. The van der Waals surface area contributed by atoms with Gasteiger partial charge < -0.3 is 29.4 Å². The molecule has 7 nitrogen and oxygen atoms in total. The van der Waals surface area contributed by atoms with Gasteiger partial charge in [-0.3, -0.25) is 4.79 Å². The Kier molecular flexibility index (Phi) is 10.2. The predicted molar refractivity (Wildman–Crippen MR) is 130 cm³/mol. The van der Waals surface area contributed by atoms with Crippen molar-refractivity contribution < 1.29 is 71.6 Å². The van der Waals surface area contributed by atoms with Gasteiger partial charge in [0, 0.05) is 35.6 Å². The zero-order valence-corrected chi connectivity index (χ0v) is 23.8. The summed E-state index contributed by atoms with van der Waals surface area (Å²) in [6.07, 6.45) is -3.92. The van der Waals surface area contributed by atoms with Crippen molar-refractivity contribution >= 4 is 23.5 Å². The molecule has 200 valence electrons. The number of ether oxygens (including phenoxy) is 3. The molecule has 0 bridgehead atoms. The maximum Gasteiger partial charge on any atom is 1.00 e. The number of halogens is 4. The Morgan fingerprint density at radius 3 is 2.46 bits per heavy atom. The van der Waals surface area contributed by atoms with Crippen molar-refractivity contribution in [2.45, 2.75) is 24.9 Å². The molecule has 1 amide bonds. The van der Waals surface area contributed by atoms with E-state index in [0.717, 1.165) is 12.1 Å². The van der Waals surface area contributed by atoms with Crippen molar-refractivity contribution in [2.75, 3.05) is 20.3 Å². The number of carbonyl (C=O) groups excluding carboxylic acids is 2. The van der Waals surface area contributed by atoms with Gasteiger partial charge in [0.1, 0.15) is 23.0 Å². The maximum atomic E-state index is 12.9. The molecule has 0 aliphatic carbocycles. The van der Waals surface area contributed by atoms with Gasteiger partial charge in [0.2, 0.25) is 0 Å². The van der Waals surface area contributed by atoms with Gasteiger partial charge in [-0.25, -0.2) is 0 Å². The first-order chi connectivity index (χ1) is 18.1. The van der Waals surface area contributed by atoms with Gasteiger partial charge >= 0.3 is 35.7 Å². The van der Waals surface area contributed by atoms with Gasteiger partial charge in [-0.1, -0.05) is 17.7 Å². The second kappa shape index (κ2) is 13.0. The van der Waals surface area contributed by atoms with Crippen LogP contribution in [0.3, 0.4) is 0 Å². The Bertz CT molecular complexity index is 1350. The van der Waals surface area contributed by atoms with Crippen LogP contribution >= 0.6 is 11.6 Å². The van der Waals surface area contributed by atoms with E-state index in [1.165, 1.54) is 37.4 Å². The molecule has 0 saturated heterocycles. The standard InChI is InChI=1S/C27H23ClF3NO6.Na/c1-36-22-12-17(27(29,30)31)5-2-15(22)8-10-32-25(33)16-3-6-18(7-4-16)38-24-14-23-20(13-21(24)28)19(26(34)35)9-11-37-23;/h2-7,12-14,19H,8-11H2,1H3,(H,32,33)(H,34,35);/q;+1/p-1. The van der Waals surface area contributed by atoms with Gasteiger partial charge in [-0.2, -0.15) is 13.2 Å². The number of fused-ring (bicyclic) bond motifs is 1. The van der Waals surface area contributed by atoms with Crippen LogP contribution in [-0.2, 0) is 17.4 Å². The Balaban J connectivity index is 0.00000420. The van der Waals surface area contributed by atoms with Gasteiger partial charge in [-0.15, -0.1) is 0 Å². The number of methoxy groups -OCH3 is 1.